The molecule has 9 heteroatoms. The lowest BCUT2D eigenvalue weighted by Gasteiger charge is -2.24. The zero-order valence-corrected chi connectivity index (χ0v) is 11.1. The van der Waals surface area contributed by atoms with Crippen molar-refractivity contribution in [2.45, 2.75) is 23.8 Å². The fraction of sp³-hybridized carbons (Fsp3) is 0.364. The van der Waals surface area contributed by atoms with Crippen LogP contribution in [0.4, 0.5) is 5.69 Å². The van der Waals surface area contributed by atoms with Crippen LogP contribution >= 0.6 is 0 Å². The number of hydrogen-bond acceptors (Lipinski definition) is 6. The molecule has 2 rings (SSSR count). The van der Waals surface area contributed by atoms with Crippen LogP contribution in [0.2, 0.25) is 0 Å². The molecule has 1 aromatic rings. The number of sulfonamides is 1. The van der Waals surface area contributed by atoms with E-state index in [0.717, 1.165) is 28.6 Å². The van der Waals surface area contributed by atoms with Gasteiger partial charge in [0.25, 0.3) is 5.69 Å². The molecule has 1 heterocycles. The van der Waals surface area contributed by atoms with Crippen molar-refractivity contribution in [3.63, 3.8) is 0 Å². The molecule has 0 unspecified atom stereocenters. The Morgan fingerprint density at radius 1 is 1.30 bits per heavy atom. The molecule has 8 nitrogen and oxygen atoms in total. The van der Waals surface area contributed by atoms with Gasteiger partial charge in [-0.1, -0.05) is 0 Å². The summed E-state index contributed by atoms with van der Waals surface area (Å²) in [5.74, 6) is -1.44. The van der Waals surface area contributed by atoms with Crippen molar-refractivity contribution in [3.05, 3.63) is 34.4 Å². The van der Waals surface area contributed by atoms with Crippen LogP contribution in [-0.4, -0.2) is 36.2 Å². The minimum atomic E-state index is -3.99. The third kappa shape index (κ3) is 2.49. The summed E-state index contributed by atoms with van der Waals surface area (Å²) < 4.78 is 25.5. The number of nitro benzene ring substituents is 1. The molecule has 20 heavy (non-hydrogen) atoms. The molecule has 108 valence electrons. The standard InChI is InChI=1S/C11H12N2O6S/c14-11(15)10-2-1-7-12(10)20(18,19)9-5-3-8(4-6-9)13(16)17/h3-6,10H,1-2,7H2,(H,14,15)/p-1/t10-/m1/s1. The summed E-state index contributed by atoms with van der Waals surface area (Å²) in [5.41, 5.74) is -0.234. The second-order valence-corrected chi connectivity index (χ2v) is 6.23. The van der Waals surface area contributed by atoms with E-state index < -0.39 is 27.0 Å². The Kier molecular flexibility index (Phi) is 3.73. The lowest BCUT2D eigenvalue weighted by Crippen LogP contribution is -2.46. The first-order valence-corrected chi connectivity index (χ1v) is 7.25. The number of carbonyl (C=O) groups excluding carboxylic acids is 1. The van der Waals surface area contributed by atoms with Gasteiger partial charge in [-0.05, 0) is 25.0 Å². The van der Waals surface area contributed by atoms with Gasteiger partial charge >= 0.3 is 0 Å². The van der Waals surface area contributed by atoms with Gasteiger partial charge < -0.3 is 9.90 Å². The van der Waals surface area contributed by atoms with Crippen molar-refractivity contribution in [2.24, 2.45) is 0 Å². The first-order chi connectivity index (χ1) is 9.34. The fourth-order valence-electron chi connectivity index (χ4n) is 2.14. The Morgan fingerprint density at radius 3 is 2.40 bits per heavy atom. The number of carboxylic acid groups (broad SMARTS) is 1. The monoisotopic (exact) mass is 299 g/mol. The summed E-state index contributed by atoms with van der Waals surface area (Å²) in [6.07, 6.45) is 0.638. The van der Waals surface area contributed by atoms with Gasteiger partial charge in [0, 0.05) is 18.7 Å². The molecule has 0 saturated carbocycles. The minimum absolute atomic E-state index is 0.0952. The van der Waals surface area contributed by atoms with E-state index in [4.69, 9.17) is 0 Å². The maximum absolute atomic E-state index is 12.3. The molecule has 1 fully saturated rings. The van der Waals surface area contributed by atoms with E-state index >= 15 is 0 Å². The highest BCUT2D eigenvalue weighted by atomic mass is 32.2. The number of aliphatic carboxylic acids is 1. The largest absolute Gasteiger partial charge is 0.548 e. The van der Waals surface area contributed by atoms with Crippen LogP contribution in [0.15, 0.2) is 29.2 Å². The van der Waals surface area contributed by atoms with Crippen molar-refractivity contribution < 1.29 is 23.2 Å². The molecule has 0 spiro atoms. The number of rotatable bonds is 4. The van der Waals surface area contributed by atoms with E-state index in [-0.39, 0.29) is 23.5 Å². The zero-order chi connectivity index (χ0) is 14.9. The van der Waals surface area contributed by atoms with Gasteiger partial charge in [-0.15, -0.1) is 0 Å². The number of carboxylic acids is 1. The van der Waals surface area contributed by atoms with Crippen LogP contribution in [0, 0.1) is 10.1 Å². The van der Waals surface area contributed by atoms with Gasteiger partial charge in [-0.2, -0.15) is 4.31 Å². The van der Waals surface area contributed by atoms with E-state index in [2.05, 4.69) is 0 Å². The number of hydrogen-bond donors (Lipinski definition) is 0. The number of nitrogens with zero attached hydrogens (tertiary/aromatic N) is 2. The molecule has 0 radical (unpaired) electrons. The number of nitro groups is 1. The van der Waals surface area contributed by atoms with Gasteiger partial charge in [0.1, 0.15) is 0 Å². The molecule has 0 amide bonds. The molecule has 1 aromatic carbocycles. The van der Waals surface area contributed by atoms with Crippen molar-refractivity contribution in [1.29, 1.82) is 0 Å². The van der Waals surface area contributed by atoms with Crippen molar-refractivity contribution in [2.75, 3.05) is 6.54 Å². The molecule has 0 aromatic heterocycles. The van der Waals surface area contributed by atoms with E-state index in [9.17, 15) is 28.4 Å². The molecular weight excluding hydrogens is 288 g/mol. The summed E-state index contributed by atoms with van der Waals surface area (Å²) in [4.78, 5) is 20.6. The Labute approximate surface area is 114 Å². The summed E-state index contributed by atoms with van der Waals surface area (Å²) in [7, 11) is -3.99. The molecule has 1 atom stereocenters. The van der Waals surface area contributed by atoms with Crippen LogP contribution in [0.5, 0.6) is 0 Å². The highest BCUT2D eigenvalue weighted by molar-refractivity contribution is 7.89. The quantitative estimate of drug-likeness (QED) is 0.545. The Hall–Kier alpha value is -2.00. The van der Waals surface area contributed by atoms with Crippen molar-refractivity contribution in [3.8, 4) is 0 Å². The van der Waals surface area contributed by atoms with Gasteiger partial charge in [0.15, 0.2) is 0 Å². The number of benzene rings is 1. The van der Waals surface area contributed by atoms with Gasteiger partial charge in [0.2, 0.25) is 10.0 Å². The molecule has 1 aliphatic heterocycles. The zero-order valence-electron chi connectivity index (χ0n) is 10.3. The Morgan fingerprint density at radius 2 is 1.90 bits per heavy atom. The third-order valence-corrected chi connectivity index (χ3v) is 5.05. The average molecular weight is 299 g/mol. The van der Waals surface area contributed by atoms with Gasteiger partial charge in [0.05, 0.1) is 21.8 Å². The number of carbonyl (C=O) groups is 1. The van der Waals surface area contributed by atoms with Crippen LogP contribution in [0.25, 0.3) is 0 Å². The lowest BCUT2D eigenvalue weighted by molar-refractivity contribution is -0.384. The van der Waals surface area contributed by atoms with Crippen LogP contribution in [-0.2, 0) is 14.8 Å². The second-order valence-electron chi connectivity index (χ2n) is 4.34. The SMILES string of the molecule is O=C([O-])[C@H]1CCCN1S(=O)(=O)c1ccc([N+](=O)[O-])cc1. The average Bonchev–Trinajstić information content (AvgIpc) is 2.89. The summed E-state index contributed by atoms with van der Waals surface area (Å²) in [5, 5.41) is 21.4. The predicted molar refractivity (Wildman–Crippen MR) is 65.0 cm³/mol. The lowest BCUT2D eigenvalue weighted by atomic mass is 10.2. The smallest absolute Gasteiger partial charge is 0.269 e. The molecule has 0 aliphatic carbocycles. The summed E-state index contributed by atoms with van der Waals surface area (Å²) >= 11 is 0. The van der Waals surface area contributed by atoms with E-state index in [1.54, 1.807) is 0 Å². The summed E-state index contributed by atoms with van der Waals surface area (Å²) in [6, 6.07) is 3.14. The van der Waals surface area contributed by atoms with Gasteiger partial charge in [-0.3, -0.25) is 10.1 Å². The molecule has 0 bridgehead atoms. The van der Waals surface area contributed by atoms with E-state index in [0.29, 0.717) is 6.42 Å². The minimum Gasteiger partial charge on any atom is -0.548 e. The maximum atomic E-state index is 12.3. The van der Waals surface area contributed by atoms with Crippen molar-refractivity contribution in [1.82, 2.24) is 4.31 Å². The topological polar surface area (TPSA) is 121 Å². The molecule has 0 N–H and O–H groups in total. The second kappa shape index (κ2) is 5.17. The van der Waals surface area contributed by atoms with E-state index in [1.165, 1.54) is 0 Å². The highest BCUT2D eigenvalue weighted by Gasteiger charge is 2.36. The molecule has 1 saturated heterocycles. The predicted octanol–water partition coefficient (Wildman–Crippen LogP) is -0.502. The summed E-state index contributed by atoms with van der Waals surface area (Å²) in [6.45, 7) is 0.0952. The normalized spacial score (nSPS) is 19.9. The van der Waals surface area contributed by atoms with Crippen LogP contribution < -0.4 is 5.11 Å². The fourth-order valence-corrected chi connectivity index (χ4v) is 3.79. The van der Waals surface area contributed by atoms with E-state index in [1.807, 2.05) is 0 Å². The van der Waals surface area contributed by atoms with Crippen LogP contribution in [0.1, 0.15) is 12.8 Å². The van der Waals surface area contributed by atoms with Crippen LogP contribution in [0.3, 0.4) is 0 Å². The Balaban J connectivity index is 2.35. The number of non-ortho nitro benzene ring substituents is 1. The molecular formula is C11H11N2O6S-. The Bertz CT molecular complexity index is 639. The van der Waals surface area contributed by atoms with Gasteiger partial charge in [-0.25, -0.2) is 8.42 Å². The molecule has 1 aliphatic rings. The first-order valence-electron chi connectivity index (χ1n) is 5.81. The highest BCUT2D eigenvalue weighted by Crippen LogP contribution is 2.26. The van der Waals surface area contributed by atoms with Crippen molar-refractivity contribution >= 4 is 21.7 Å². The first kappa shape index (κ1) is 14.4. The third-order valence-electron chi connectivity index (χ3n) is 3.13. The maximum Gasteiger partial charge on any atom is 0.269 e.